The summed E-state index contributed by atoms with van der Waals surface area (Å²) in [6.45, 7) is 9.77. The first-order valence-electron chi connectivity index (χ1n) is 6.69. The maximum Gasteiger partial charge on any atom is 0.337 e. The van der Waals surface area contributed by atoms with E-state index in [1.807, 2.05) is 13.0 Å². The minimum Gasteiger partial charge on any atom is -0.496 e. The van der Waals surface area contributed by atoms with Crippen LogP contribution in [0.3, 0.4) is 0 Å². The molecule has 0 radical (unpaired) electrons. The summed E-state index contributed by atoms with van der Waals surface area (Å²) in [6.07, 6.45) is 0.720. The molecule has 0 fully saturated rings. The maximum atomic E-state index is 11.8. The predicted octanol–water partition coefficient (Wildman–Crippen LogP) is 3.24. The van der Waals surface area contributed by atoms with Crippen LogP contribution in [0.1, 0.15) is 48.2 Å². The number of carbonyl (C=O) groups excluding carboxylic acids is 1. The fraction of sp³-hybridized carbons (Fsp3) is 0.500. The molecule has 0 aliphatic carbocycles. The molecule has 0 aliphatic rings. The Balaban J connectivity index is 3.40. The van der Waals surface area contributed by atoms with Crippen molar-refractivity contribution in [3.63, 3.8) is 0 Å². The average Bonchev–Trinajstić information content (AvgIpc) is 2.44. The molecule has 0 aliphatic heterocycles. The van der Waals surface area contributed by atoms with Crippen molar-refractivity contribution in [3.05, 3.63) is 28.8 Å². The second kappa shape index (κ2) is 7.08. The van der Waals surface area contributed by atoms with E-state index in [2.05, 4.69) is 25.6 Å². The van der Waals surface area contributed by atoms with Gasteiger partial charge < -0.3 is 9.47 Å². The van der Waals surface area contributed by atoms with Gasteiger partial charge >= 0.3 is 5.97 Å². The molecule has 0 aromatic heterocycles. The van der Waals surface area contributed by atoms with Crippen LogP contribution < -0.4 is 4.74 Å². The standard InChI is InChI=1S/C16H23NO3/c1-10(2)15-12(7-11(3)17-4)8-13(16(18)20-6)9-14(15)19-5/h8-11H,4,7H2,1-3,5-6H3. The summed E-state index contributed by atoms with van der Waals surface area (Å²) in [4.78, 5) is 15.8. The molecule has 0 spiro atoms. The molecule has 1 atom stereocenters. The second-order valence-electron chi connectivity index (χ2n) is 5.13. The Morgan fingerprint density at radius 3 is 2.40 bits per heavy atom. The van der Waals surface area contributed by atoms with Gasteiger partial charge in [0, 0.05) is 0 Å². The van der Waals surface area contributed by atoms with Crippen LogP contribution in [-0.2, 0) is 11.2 Å². The third kappa shape index (κ3) is 3.59. The molecule has 4 heteroatoms. The van der Waals surface area contributed by atoms with E-state index in [1.54, 1.807) is 13.2 Å². The normalized spacial score (nSPS) is 12.1. The average molecular weight is 277 g/mol. The van der Waals surface area contributed by atoms with Crippen molar-refractivity contribution in [2.45, 2.75) is 39.2 Å². The quantitative estimate of drug-likeness (QED) is 0.592. The van der Waals surface area contributed by atoms with Gasteiger partial charge in [0.15, 0.2) is 0 Å². The highest BCUT2D eigenvalue weighted by atomic mass is 16.5. The number of hydrogen-bond donors (Lipinski definition) is 0. The van der Waals surface area contributed by atoms with Gasteiger partial charge in [-0.2, -0.15) is 0 Å². The van der Waals surface area contributed by atoms with Crippen molar-refractivity contribution >= 4 is 12.7 Å². The molecule has 0 saturated heterocycles. The molecule has 1 aromatic rings. The van der Waals surface area contributed by atoms with E-state index in [0.29, 0.717) is 17.2 Å². The SMILES string of the molecule is C=NC(C)Cc1cc(C(=O)OC)cc(OC)c1C(C)C. The third-order valence-electron chi connectivity index (χ3n) is 3.27. The van der Waals surface area contributed by atoms with Crippen LogP contribution in [0.15, 0.2) is 17.1 Å². The number of nitrogens with zero attached hydrogens (tertiary/aromatic N) is 1. The Morgan fingerprint density at radius 2 is 1.95 bits per heavy atom. The first-order valence-corrected chi connectivity index (χ1v) is 6.69. The molecule has 1 aromatic carbocycles. The van der Waals surface area contributed by atoms with Gasteiger partial charge in [-0.05, 0) is 49.2 Å². The third-order valence-corrected chi connectivity index (χ3v) is 3.27. The predicted molar refractivity (Wildman–Crippen MR) is 81.1 cm³/mol. The Bertz CT molecular complexity index is 495. The lowest BCUT2D eigenvalue weighted by Gasteiger charge is -2.19. The van der Waals surface area contributed by atoms with Crippen LogP contribution in [0, 0.1) is 0 Å². The fourth-order valence-corrected chi connectivity index (χ4v) is 2.30. The van der Waals surface area contributed by atoms with Gasteiger partial charge in [-0.25, -0.2) is 4.79 Å². The summed E-state index contributed by atoms with van der Waals surface area (Å²) in [6, 6.07) is 3.69. The van der Waals surface area contributed by atoms with Crippen molar-refractivity contribution in [1.82, 2.24) is 0 Å². The first-order chi connectivity index (χ1) is 9.44. The molecule has 0 N–H and O–H groups in total. The Kier molecular flexibility index (Phi) is 5.74. The zero-order chi connectivity index (χ0) is 15.3. The summed E-state index contributed by atoms with van der Waals surface area (Å²) >= 11 is 0. The summed E-state index contributed by atoms with van der Waals surface area (Å²) < 4.78 is 10.2. The topological polar surface area (TPSA) is 47.9 Å². The van der Waals surface area contributed by atoms with Crippen LogP contribution in [-0.4, -0.2) is 32.9 Å². The van der Waals surface area contributed by atoms with Crippen LogP contribution in [0.25, 0.3) is 0 Å². The lowest BCUT2D eigenvalue weighted by atomic mass is 9.90. The van der Waals surface area contributed by atoms with Gasteiger partial charge in [-0.3, -0.25) is 4.99 Å². The smallest absolute Gasteiger partial charge is 0.337 e. The summed E-state index contributed by atoms with van der Waals surface area (Å²) in [7, 11) is 2.99. The van der Waals surface area contributed by atoms with E-state index in [1.165, 1.54) is 7.11 Å². The van der Waals surface area contributed by atoms with Crippen LogP contribution in [0.4, 0.5) is 0 Å². The Morgan fingerprint density at radius 1 is 1.30 bits per heavy atom. The number of aliphatic imine (C=N–C) groups is 1. The zero-order valence-electron chi connectivity index (χ0n) is 12.9. The van der Waals surface area contributed by atoms with E-state index < -0.39 is 0 Å². The van der Waals surface area contributed by atoms with Gasteiger partial charge in [0.2, 0.25) is 0 Å². The fourth-order valence-electron chi connectivity index (χ4n) is 2.30. The van der Waals surface area contributed by atoms with Gasteiger partial charge in [0.1, 0.15) is 5.75 Å². The number of benzene rings is 1. The van der Waals surface area contributed by atoms with Crippen LogP contribution >= 0.6 is 0 Å². The molecule has 1 unspecified atom stereocenters. The number of ether oxygens (including phenoxy) is 2. The van der Waals surface area contributed by atoms with Crippen molar-refractivity contribution in [2.24, 2.45) is 4.99 Å². The van der Waals surface area contributed by atoms with Gasteiger partial charge in [-0.1, -0.05) is 13.8 Å². The molecule has 4 nitrogen and oxygen atoms in total. The molecule has 1 rings (SSSR count). The number of rotatable bonds is 6. The van der Waals surface area contributed by atoms with E-state index in [-0.39, 0.29) is 12.0 Å². The number of methoxy groups -OCH3 is 2. The maximum absolute atomic E-state index is 11.8. The number of hydrogen-bond acceptors (Lipinski definition) is 4. The lowest BCUT2D eigenvalue weighted by Crippen LogP contribution is -2.11. The van der Waals surface area contributed by atoms with Gasteiger partial charge in [-0.15, -0.1) is 0 Å². The van der Waals surface area contributed by atoms with E-state index in [9.17, 15) is 4.79 Å². The number of carbonyl (C=O) groups is 1. The van der Waals surface area contributed by atoms with Crippen LogP contribution in [0.2, 0.25) is 0 Å². The van der Waals surface area contributed by atoms with Crippen molar-refractivity contribution in [2.75, 3.05) is 14.2 Å². The van der Waals surface area contributed by atoms with Gasteiger partial charge in [0.25, 0.3) is 0 Å². The first kappa shape index (κ1) is 16.2. The van der Waals surface area contributed by atoms with Crippen molar-refractivity contribution in [3.8, 4) is 5.75 Å². The minimum atomic E-state index is -0.362. The molecular formula is C16H23NO3. The molecule has 20 heavy (non-hydrogen) atoms. The van der Waals surface area contributed by atoms with Gasteiger partial charge in [0.05, 0.1) is 25.8 Å². The summed E-state index contributed by atoms with van der Waals surface area (Å²) in [5.41, 5.74) is 2.66. The largest absolute Gasteiger partial charge is 0.496 e. The molecule has 0 amide bonds. The summed E-state index contributed by atoms with van der Waals surface area (Å²) in [5, 5.41) is 0. The van der Waals surface area contributed by atoms with Crippen molar-refractivity contribution < 1.29 is 14.3 Å². The molecule has 110 valence electrons. The highest BCUT2D eigenvalue weighted by Gasteiger charge is 2.19. The van der Waals surface area contributed by atoms with Crippen LogP contribution in [0.5, 0.6) is 5.75 Å². The number of esters is 1. The van der Waals surface area contributed by atoms with E-state index in [4.69, 9.17) is 9.47 Å². The Labute approximate surface area is 120 Å². The minimum absolute atomic E-state index is 0.0881. The zero-order valence-corrected chi connectivity index (χ0v) is 12.9. The highest BCUT2D eigenvalue weighted by Crippen LogP contribution is 2.32. The van der Waals surface area contributed by atoms with Crippen molar-refractivity contribution in [1.29, 1.82) is 0 Å². The molecule has 0 heterocycles. The summed E-state index contributed by atoms with van der Waals surface area (Å²) in [5.74, 6) is 0.650. The monoisotopic (exact) mass is 277 g/mol. The molecule has 0 saturated carbocycles. The molecular weight excluding hydrogens is 254 g/mol. The van der Waals surface area contributed by atoms with E-state index in [0.717, 1.165) is 17.5 Å². The Hall–Kier alpha value is -1.84. The second-order valence-corrected chi connectivity index (χ2v) is 5.13. The molecule has 0 bridgehead atoms. The highest BCUT2D eigenvalue weighted by molar-refractivity contribution is 5.90. The van der Waals surface area contributed by atoms with E-state index >= 15 is 0 Å². The lowest BCUT2D eigenvalue weighted by molar-refractivity contribution is 0.0600.